The van der Waals surface area contributed by atoms with E-state index in [-0.39, 0.29) is 28.6 Å². The number of methoxy groups -OCH3 is 1. The summed E-state index contributed by atoms with van der Waals surface area (Å²) in [7, 11) is 1.58. The number of ketones is 1. The van der Waals surface area contributed by atoms with Crippen molar-refractivity contribution < 1.29 is 42.8 Å². The van der Waals surface area contributed by atoms with Crippen molar-refractivity contribution in [3.8, 4) is 34.3 Å². The van der Waals surface area contributed by atoms with Crippen molar-refractivity contribution >= 4 is 35.1 Å². The Morgan fingerprint density at radius 1 is 0.857 bits per heavy atom. The molecule has 2 heterocycles. The molecule has 10 heteroatoms. The van der Waals surface area contributed by atoms with E-state index in [4.69, 9.17) is 28.4 Å². The third-order valence-corrected chi connectivity index (χ3v) is 6.15. The van der Waals surface area contributed by atoms with E-state index in [1.165, 1.54) is 12.1 Å². The molecule has 0 radical (unpaired) electrons. The summed E-state index contributed by atoms with van der Waals surface area (Å²) in [6, 6.07) is 17.8. The molecule has 1 aliphatic heterocycles. The maximum absolute atomic E-state index is 13.7. The van der Waals surface area contributed by atoms with Gasteiger partial charge in [-0.25, -0.2) is 9.59 Å². The van der Waals surface area contributed by atoms with Gasteiger partial charge in [-0.15, -0.1) is 0 Å². The van der Waals surface area contributed by atoms with E-state index in [0.29, 0.717) is 11.3 Å². The van der Waals surface area contributed by atoms with Gasteiger partial charge in [-0.3, -0.25) is 4.79 Å². The van der Waals surface area contributed by atoms with Gasteiger partial charge in [0.05, 0.1) is 25.0 Å². The molecule has 0 amide bonds. The van der Waals surface area contributed by atoms with Crippen LogP contribution in [0.15, 0.2) is 66.4 Å². The Hall–Kier alpha value is -5.25. The van der Waals surface area contributed by atoms with Gasteiger partial charge in [-0.1, -0.05) is 30.3 Å². The first-order valence-corrected chi connectivity index (χ1v) is 13.3. The van der Waals surface area contributed by atoms with Gasteiger partial charge in [0.1, 0.15) is 22.8 Å². The molecule has 0 saturated heterocycles. The lowest BCUT2D eigenvalue weighted by Gasteiger charge is -2.12. The van der Waals surface area contributed by atoms with Gasteiger partial charge >= 0.3 is 12.3 Å². The molecule has 10 nitrogen and oxygen atoms in total. The predicted molar refractivity (Wildman–Crippen MR) is 154 cm³/mol. The molecule has 0 unspecified atom stereocenters. The van der Waals surface area contributed by atoms with Crippen molar-refractivity contribution in [1.29, 1.82) is 0 Å². The number of allylic oxidation sites excluding steroid dienone is 1. The molecule has 0 saturated carbocycles. The van der Waals surface area contributed by atoms with E-state index in [0.717, 1.165) is 22.2 Å². The largest absolute Gasteiger partial charge is 0.514 e. The number of nitrogens with one attached hydrogen (secondary N) is 1. The molecule has 5 rings (SSSR count). The molecule has 1 aliphatic rings. The molecule has 0 bridgehead atoms. The second-order valence-corrected chi connectivity index (χ2v) is 9.96. The van der Waals surface area contributed by atoms with Crippen LogP contribution in [0.5, 0.6) is 23.0 Å². The summed E-state index contributed by atoms with van der Waals surface area (Å²) >= 11 is 0. The number of fused-ring (bicyclic) bond motifs is 2. The monoisotopic (exact) mass is 571 g/mol. The third kappa shape index (κ3) is 5.92. The van der Waals surface area contributed by atoms with Crippen molar-refractivity contribution in [2.75, 3.05) is 7.11 Å². The number of Topliss-reactive ketones (excluding diaryl/α,β-unsaturated/α-hetero) is 1. The summed E-state index contributed by atoms with van der Waals surface area (Å²) in [6.45, 7) is 6.65. The first-order chi connectivity index (χ1) is 20.1. The van der Waals surface area contributed by atoms with E-state index in [2.05, 4.69) is 4.98 Å². The molecule has 0 fully saturated rings. The zero-order valence-corrected chi connectivity index (χ0v) is 23.7. The zero-order chi connectivity index (χ0) is 30.0. The van der Waals surface area contributed by atoms with Crippen LogP contribution in [0.25, 0.3) is 28.2 Å². The van der Waals surface area contributed by atoms with Gasteiger partial charge in [0, 0.05) is 28.6 Å². The van der Waals surface area contributed by atoms with Crippen molar-refractivity contribution in [3.05, 3.63) is 77.5 Å². The topological polar surface area (TPSA) is 122 Å². The standard InChI is InChI=1S/C32H29NO9/c1-17(2)38-31(35)40-21-14-25-28(26(15-21)42-32(36)39-18(3)4)30(34)27(41-25)16-23-22-13-20(37-5)11-12-24(22)33-29(23)19-9-7-6-8-10-19/h6-18,33H,1-5H3. The highest BCUT2D eigenvalue weighted by molar-refractivity contribution is 6.17. The molecule has 3 aromatic carbocycles. The second kappa shape index (κ2) is 11.7. The maximum atomic E-state index is 13.7. The number of hydrogen-bond acceptors (Lipinski definition) is 9. The molecule has 1 aromatic heterocycles. The highest BCUT2D eigenvalue weighted by Gasteiger charge is 2.34. The molecular weight excluding hydrogens is 542 g/mol. The van der Waals surface area contributed by atoms with Gasteiger partial charge < -0.3 is 33.4 Å². The Morgan fingerprint density at radius 2 is 1.55 bits per heavy atom. The molecule has 4 aromatic rings. The number of benzene rings is 3. The average Bonchev–Trinajstić information content (AvgIpc) is 3.45. The van der Waals surface area contributed by atoms with Crippen LogP contribution in [0.4, 0.5) is 9.59 Å². The number of aromatic amines is 1. The van der Waals surface area contributed by atoms with E-state index >= 15 is 0 Å². The lowest BCUT2D eigenvalue weighted by atomic mass is 10.0. The van der Waals surface area contributed by atoms with Gasteiger partial charge in [-0.05, 0) is 57.5 Å². The van der Waals surface area contributed by atoms with Crippen molar-refractivity contribution in [1.82, 2.24) is 4.98 Å². The molecule has 0 aliphatic carbocycles. The Bertz CT molecular complexity index is 1700. The highest BCUT2D eigenvalue weighted by Crippen LogP contribution is 2.43. The molecule has 1 N–H and O–H groups in total. The predicted octanol–water partition coefficient (Wildman–Crippen LogP) is 7.31. The number of carbonyl (C=O) groups is 3. The second-order valence-electron chi connectivity index (χ2n) is 9.96. The molecule has 216 valence electrons. The van der Waals surface area contributed by atoms with Crippen LogP contribution in [0.1, 0.15) is 43.6 Å². The van der Waals surface area contributed by atoms with E-state index in [9.17, 15) is 14.4 Å². The van der Waals surface area contributed by atoms with Crippen LogP contribution in [-0.4, -0.2) is 42.4 Å². The highest BCUT2D eigenvalue weighted by atomic mass is 16.7. The minimum atomic E-state index is -1.03. The number of carbonyl (C=O) groups excluding carboxylic acids is 3. The fourth-order valence-corrected chi connectivity index (χ4v) is 4.44. The quantitative estimate of drug-likeness (QED) is 0.138. The van der Waals surface area contributed by atoms with Crippen LogP contribution in [0.2, 0.25) is 0 Å². The Labute approximate surface area is 241 Å². The minimum absolute atomic E-state index is 0.0229. The molecule has 0 atom stereocenters. The van der Waals surface area contributed by atoms with Crippen LogP contribution in [0.3, 0.4) is 0 Å². The zero-order valence-electron chi connectivity index (χ0n) is 23.7. The first-order valence-electron chi connectivity index (χ1n) is 13.3. The van der Waals surface area contributed by atoms with E-state index < -0.39 is 30.3 Å². The summed E-state index contributed by atoms with van der Waals surface area (Å²) in [5.41, 5.74) is 3.14. The first kappa shape index (κ1) is 28.3. The summed E-state index contributed by atoms with van der Waals surface area (Å²) < 4.78 is 32.2. The average molecular weight is 572 g/mol. The molecule has 42 heavy (non-hydrogen) atoms. The lowest BCUT2D eigenvalue weighted by molar-refractivity contribution is 0.0719. The third-order valence-electron chi connectivity index (χ3n) is 6.15. The number of H-pyrrole nitrogens is 1. The van der Waals surface area contributed by atoms with Crippen LogP contribution >= 0.6 is 0 Å². The summed E-state index contributed by atoms with van der Waals surface area (Å²) in [5, 5.41) is 0.797. The van der Waals surface area contributed by atoms with Gasteiger partial charge in [0.15, 0.2) is 11.5 Å². The fourth-order valence-electron chi connectivity index (χ4n) is 4.44. The summed E-state index contributed by atoms with van der Waals surface area (Å²) in [5.74, 6) is -0.144. The Balaban J connectivity index is 1.60. The lowest BCUT2D eigenvalue weighted by Crippen LogP contribution is -2.17. The van der Waals surface area contributed by atoms with Crippen LogP contribution < -0.4 is 18.9 Å². The van der Waals surface area contributed by atoms with E-state index in [1.807, 2.05) is 48.5 Å². The number of aromatic nitrogens is 1. The fraction of sp³-hybridized carbons (Fsp3) is 0.219. The van der Waals surface area contributed by atoms with E-state index in [1.54, 1.807) is 40.9 Å². The van der Waals surface area contributed by atoms with Gasteiger partial charge in [0.2, 0.25) is 5.78 Å². The Kier molecular flexibility index (Phi) is 7.88. The van der Waals surface area contributed by atoms with Gasteiger partial charge in [-0.2, -0.15) is 0 Å². The van der Waals surface area contributed by atoms with Crippen LogP contribution in [-0.2, 0) is 9.47 Å². The number of hydrogen-bond donors (Lipinski definition) is 1. The van der Waals surface area contributed by atoms with Crippen molar-refractivity contribution in [2.45, 2.75) is 39.9 Å². The van der Waals surface area contributed by atoms with Crippen molar-refractivity contribution in [3.63, 3.8) is 0 Å². The summed E-state index contributed by atoms with van der Waals surface area (Å²) in [6.07, 6.45) is -1.28. The number of ether oxygens (including phenoxy) is 6. The summed E-state index contributed by atoms with van der Waals surface area (Å²) in [4.78, 5) is 41.7. The SMILES string of the molecule is COc1ccc2[nH]c(-c3ccccc3)c(C=C3Oc4cc(OC(=O)OC(C)C)cc(OC(=O)OC(C)C)c4C3=O)c2c1. The smallest absolute Gasteiger partial charge is 0.497 e. The van der Waals surface area contributed by atoms with Crippen LogP contribution in [0, 0.1) is 0 Å². The van der Waals surface area contributed by atoms with Crippen molar-refractivity contribution in [2.24, 2.45) is 0 Å². The normalized spacial score (nSPS) is 13.3. The molecule has 0 spiro atoms. The maximum Gasteiger partial charge on any atom is 0.514 e. The number of rotatable bonds is 7. The molecular formula is C32H29NO9. The minimum Gasteiger partial charge on any atom is -0.497 e. The van der Waals surface area contributed by atoms with Gasteiger partial charge in [0.25, 0.3) is 0 Å². The Morgan fingerprint density at radius 3 is 2.21 bits per heavy atom.